The summed E-state index contributed by atoms with van der Waals surface area (Å²) in [6.07, 6.45) is 7.29. The molecule has 22 heavy (non-hydrogen) atoms. The summed E-state index contributed by atoms with van der Waals surface area (Å²) in [5.74, 6) is 0.215. The molecule has 0 unspecified atom stereocenters. The Kier molecular flexibility index (Phi) is 4.62. The van der Waals surface area contributed by atoms with Crippen LogP contribution in [-0.2, 0) is 22.0 Å². The van der Waals surface area contributed by atoms with Gasteiger partial charge in [-0.25, -0.2) is 8.42 Å². The third-order valence-electron chi connectivity index (χ3n) is 4.27. The maximum atomic E-state index is 12.3. The zero-order chi connectivity index (χ0) is 15.4. The topological polar surface area (TPSA) is 52.0 Å². The van der Waals surface area contributed by atoms with Crippen LogP contribution >= 0.6 is 0 Å². The molecule has 0 saturated heterocycles. The Bertz CT molecular complexity index is 701. The number of rotatable bonds is 6. The Morgan fingerprint density at radius 2 is 1.82 bits per heavy atom. The van der Waals surface area contributed by atoms with Crippen molar-refractivity contribution in [2.75, 3.05) is 5.75 Å². The molecule has 0 N–H and O–H groups in total. The fraction of sp³-hybridized carbons (Fsp3) is 0.471. The Labute approximate surface area is 132 Å². The summed E-state index contributed by atoms with van der Waals surface area (Å²) in [6, 6.07) is 12.0. The van der Waals surface area contributed by atoms with Crippen molar-refractivity contribution in [3.05, 3.63) is 53.9 Å². The Hall–Kier alpha value is -1.62. The van der Waals surface area contributed by atoms with Crippen molar-refractivity contribution in [2.45, 2.75) is 43.9 Å². The molecule has 5 heteroatoms. The molecule has 2 aromatic rings. The molecule has 0 bridgehead atoms. The predicted molar refractivity (Wildman–Crippen MR) is 87.4 cm³/mol. The molecule has 0 atom stereocenters. The molecule has 4 nitrogen and oxygen atoms in total. The summed E-state index contributed by atoms with van der Waals surface area (Å²) in [6.45, 7) is 0. The van der Waals surface area contributed by atoms with Crippen molar-refractivity contribution in [1.82, 2.24) is 9.78 Å². The molecule has 1 heterocycles. The number of aromatic nitrogens is 2. The quantitative estimate of drug-likeness (QED) is 0.822. The average Bonchev–Trinajstić information content (AvgIpc) is 3.17. The molecule has 1 aliphatic carbocycles. The van der Waals surface area contributed by atoms with Gasteiger partial charge in [-0.15, -0.1) is 0 Å². The van der Waals surface area contributed by atoms with Crippen LogP contribution in [0, 0.1) is 0 Å². The summed E-state index contributed by atoms with van der Waals surface area (Å²) >= 11 is 0. The first kappa shape index (κ1) is 15.3. The number of hydrogen-bond donors (Lipinski definition) is 0. The Balaban J connectivity index is 1.59. The van der Waals surface area contributed by atoms with Crippen molar-refractivity contribution < 1.29 is 8.42 Å². The molecule has 1 aromatic carbocycles. The van der Waals surface area contributed by atoms with Gasteiger partial charge in [0.1, 0.15) is 0 Å². The highest BCUT2D eigenvalue weighted by Crippen LogP contribution is 2.28. The minimum Gasteiger partial charge on any atom is -0.269 e. The van der Waals surface area contributed by atoms with E-state index < -0.39 is 9.84 Å². The maximum Gasteiger partial charge on any atom is 0.156 e. The van der Waals surface area contributed by atoms with E-state index >= 15 is 0 Å². The van der Waals surface area contributed by atoms with E-state index in [4.69, 9.17) is 0 Å². The summed E-state index contributed by atoms with van der Waals surface area (Å²) < 4.78 is 26.5. The van der Waals surface area contributed by atoms with Crippen LogP contribution in [0.1, 0.15) is 43.0 Å². The highest BCUT2D eigenvalue weighted by atomic mass is 32.2. The van der Waals surface area contributed by atoms with Gasteiger partial charge in [-0.1, -0.05) is 43.2 Å². The van der Waals surface area contributed by atoms with Crippen molar-refractivity contribution in [3.63, 3.8) is 0 Å². The predicted octanol–water partition coefficient (Wildman–Crippen LogP) is 3.16. The van der Waals surface area contributed by atoms with Crippen LogP contribution in [0.15, 0.2) is 42.6 Å². The van der Waals surface area contributed by atoms with E-state index in [0.29, 0.717) is 18.2 Å². The van der Waals surface area contributed by atoms with Crippen LogP contribution in [-0.4, -0.2) is 24.0 Å². The zero-order valence-electron chi connectivity index (χ0n) is 12.7. The molecule has 1 aliphatic rings. The van der Waals surface area contributed by atoms with Gasteiger partial charge in [0.2, 0.25) is 0 Å². The lowest BCUT2D eigenvalue weighted by Gasteiger charge is -2.09. The lowest BCUT2D eigenvalue weighted by atomic mass is 10.2. The minimum atomic E-state index is -3.12. The van der Waals surface area contributed by atoms with Crippen molar-refractivity contribution in [1.29, 1.82) is 0 Å². The summed E-state index contributed by atoms with van der Waals surface area (Å²) in [5, 5.41) is 4.47. The molecule has 1 aromatic heterocycles. The summed E-state index contributed by atoms with van der Waals surface area (Å²) in [5.41, 5.74) is 1.72. The van der Waals surface area contributed by atoms with Gasteiger partial charge in [0.25, 0.3) is 0 Å². The van der Waals surface area contributed by atoms with Crippen LogP contribution in [0.2, 0.25) is 0 Å². The van der Waals surface area contributed by atoms with Gasteiger partial charge < -0.3 is 0 Å². The SMILES string of the molecule is O=S(=O)(CCc1ccccc1)Cc1ccn(C2CCCC2)n1. The van der Waals surface area contributed by atoms with Gasteiger partial charge in [0.15, 0.2) is 9.84 Å². The summed E-state index contributed by atoms with van der Waals surface area (Å²) in [4.78, 5) is 0. The highest BCUT2D eigenvalue weighted by molar-refractivity contribution is 7.90. The molecule has 118 valence electrons. The van der Waals surface area contributed by atoms with E-state index in [1.165, 1.54) is 12.8 Å². The van der Waals surface area contributed by atoms with Crippen molar-refractivity contribution in [2.24, 2.45) is 0 Å². The Morgan fingerprint density at radius 1 is 1.09 bits per heavy atom. The maximum absolute atomic E-state index is 12.3. The molecule has 1 fully saturated rings. The fourth-order valence-corrected chi connectivity index (χ4v) is 4.34. The molecular weight excluding hydrogens is 296 g/mol. The standard InChI is InChI=1S/C17H22N2O2S/c20-22(21,13-11-15-6-2-1-3-7-15)14-16-10-12-19(18-16)17-8-4-5-9-17/h1-3,6-7,10,12,17H,4-5,8-9,11,13-14H2. The number of nitrogens with zero attached hydrogens (tertiary/aromatic N) is 2. The van der Waals surface area contributed by atoms with Gasteiger partial charge in [0, 0.05) is 6.20 Å². The minimum absolute atomic E-state index is 0.0412. The molecular formula is C17H22N2O2S. The lowest BCUT2D eigenvalue weighted by Crippen LogP contribution is -2.13. The van der Waals surface area contributed by atoms with Gasteiger partial charge in [-0.05, 0) is 30.9 Å². The summed E-state index contributed by atoms with van der Waals surface area (Å²) in [7, 11) is -3.12. The molecule has 0 aliphatic heterocycles. The monoisotopic (exact) mass is 318 g/mol. The van der Waals surface area contributed by atoms with E-state index in [0.717, 1.165) is 18.4 Å². The first-order valence-corrected chi connectivity index (χ1v) is 9.73. The third kappa shape index (κ3) is 3.97. The van der Waals surface area contributed by atoms with Gasteiger partial charge >= 0.3 is 0 Å². The second-order valence-corrected chi connectivity index (χ2v) is 8.24. The van der Waals surface area contributed by atoms with Crippen molar-refractivity contribution >= 4 is 9.84 Å². The van der Waals surface area contributed by atoms with Gasteiger partial charge in [0.05, 0.1) is 23.2 Å². The highest BCUT2D eigenvalue weighted by Gasteiger charge is 2.19. The second-order valence-electron chi connectivity index (χ2n) is 6.05. The largest absolute Gasteiger partial charge is 0.269 e. The molecule has 3 rings (SSSR count). The second kappa shape index (κ2) is 6.65. The first-order chi connectivity index (χ1) is 10.6. The number of hydrogen-bond acceptors (Lipinski definition) is 3. The van der Waals surface area contributed by atoms with Crippen LogP contribution in [0.3, 0.4) is 0 Å². The molecule has 1 saturated carbocycles. The van der Waals surface area contributed by atoms with Gasteiger partial charge in [-0.3, -0.25) is 4.68 Å². The first-order valence-electron chi connectivity index (χ1n) is 7.91. The zero-order valence-corrected chi connectivity index (χ0v) is 13.5. The fourth-order valence-electron chi connectivity index (χ4n) is 3.04. The van der Waals surface area contributed by atoms with E-state index in [1.54, 1.807) is 0 Å². The van der Waals surface area contributed by atoms with E-state index in [2.05, 4.69) is 5.10 Å². The van der Waals surface area contributed by atoms with Crippen molar-refractivity contribution in [3.8, 4) is 0 Å². The Morgan fingerprint density at radius 3 is 2.55 bits per heavy atom. The number of aryl methyl sites for hydroxylation is 1. The van der Waals surface area contributed by atoms with E-state index in [9.17, 15) is 8.42 Å². The molecule has 0 radical (unpaired) electrons. The van der Waals surface area contributed by atoms with Crippen LogP contribution in [0.25, 0.3) is 0 Å². The van der Waals surface area contributed by atoms with E-state index in [-0.39, 0.29) is 11.5 Å². The third-order valence-corrected chi connectivity index (χ3v) is 5.84. The molecule has 0 amide bonds. The van der Waals surface area contributed by atoms with Crippen LogP contribution < -0.4 is 0 Å². The normalized spacial score (nSPS) is 16.2. The van der Waals surface area contributed by atoms with Gasteiger partial charge in [-0.2, -0.15) is 5.10 Å². The smallest absolute Gasteiger partial charge is 0.156 e. The van der Waals surface area contributed by atoms with Crippen LogP contribution in [0.5, 0.6) is 0 Å². The average molecular weight is 318 g/mol. The molecule has 0 spiro atoms. The van der Waals surface area contributed by atoms with Crippen LogP contribution in [0.4, 0.5) is 0 Å². The lowest BCUT2D eigenvalue weighted by molar-refractivity contribution is 0.464. The number of benzene rings is 1. The van der Waals surface area contributed by atoms with E-state index in [1.807, 2.05) is 47.3 Å². The number of sulfone groups is 1.